The van der Waals surface area contributed by atoms with Crippen LogP contribution in [0.1, 0.15) is 44.9 Å². The summed E-state index contributed by atoms with van der Waals surface area (Å²) in [5.74, 6) is 0.240. The first-order valence-corrected chi connectivity index (χ1v) is 12.6. The maximum absolute atomic E-state index is 13.5. The Balaban J connectivity index is 1.31. The van der Waals surface area contributed by atoms with Crippen molar-refractivity contribution in [2.24, 2.45) is 5.92 Å². The van der Waals surface area contributed by atoms with Gasteiger partial charge in [0.25, 0.3) is 0 Å². The molecule has 0 N–H and O–H groups in total. The molecule has 0 atom stereocenters. The van der Waals surface area contributed by atoms with E-state index in [0.717, 1.165) is 12.6 Å². The Labute approximate surface area is 179 Å². The van der Waals surface area contributed by atoms with E-state index in [4.69, 9.17) is 0 Å². The van der Waals surface area contributed by atoms with Crippen LogP contribution >= 0.6 is 0 Å². The van der Waals surface area contributed by atoms with E-state index in [1.165, 1.54) is 67.5 Å². The molecule has 0 unspecified atom stereocenters. The first-order valence-electron chi connectivity index (χ1n) is 11.2. The molecule has 0 bridgehead atoms. The number of piperazine rings is 1. The van der Waals surface area contributed by atoms with Crippen LogP contribution in [-0.4, -0.2) is 73.7 Å². The van der Waals surface area contributed by atoms with Gasteiger partial charge in [-0.25, -0.2) is 12.8 Å². The van der Waals surface area contributed by atoms with Gasteiger partial charge in [-0.1, -0.05) is 25.3 Å². The SMILES string of the molecule is O=C(CN(CC1CCCCC1)C1CC1)N1CCN(S(=O)(=O)c2cccc(F)c2)CC1. The maximum atomic E-state index is 13.5. The zero-order chi connectivity index (χ0) is 21.1. The van der Waals surface area contributed by atoms with Crippen LogP contribution < -0.4 is 0 Å². The van der Waals surface area contributed by atoms with Crippen LogP contribution in [-0.2, 0) is 14.8 Å². The molecule has 0 aromatic heterocycles. The van der Waals surface area contributed by atoms with Gasteiger partial charge in [0.05, 0.1) is 11.4 Å². The summed E-state index contributed by atoms with van der Waals surface area (Å²) in [4.78, 5) is 17.0. The van der Waals surface area contributed by atoms with E-state index in [0.29, 0.717) is 31.6 Å². The van der Waals surface area contributed by atoms with Crippen molar-refractivity contribution in [3.63, 3.8) is 0 Å². The summed E-state index contributed by atoms with van der Waals surface area (Å²) in [7, 11) is -3.73. The third-order valence-electron chi connectivity index (χ3n) is 6.64. The molecule has 0 spiro atoms. The van der Waals surface area contributed by atoms with Crippen LogP contribution in [0.2, 0.25) is 0 Å². The molecule has 1 saturated heterocycles. The number of rotatable bonds is 7. The van der Waals surface area contributed by atoms with Crippen LogP contribution in [0, 0.1) is 11.7 Å². The molecule has 8 heteroatoms. The predicted molar refractivity (Wildman–Crippen MR) is 113 cm³/mol. The highest BCUT2D eigenvalue weighted by Gasteiger charge is 2.35. The van der Waals surface area contributed by atoms with Gasteiger partial charge in [-0.3, -0.25) is 9.69 Å². The highest BCUT2D eigenvalue weighted by molar-refractivity contribution is 7.89. The van der Waals surface area contributed by atoms with Gasteiger partial charge in [0.1, 0.15) is 5.82 Å². The average Bonchev–Trinajstić information content (AvgIpc) is 3.59. The molecule has 4 rings (SSSR count). The molecule has 6 nitrogen and oxygen atoms in total. The zero-order valence-corrected chi connectivity index (χ0v) is 18.3. The number of benzene rings is 1. The van der Waals surface area contributed by atoms with E-state index in [1.807, 2.05) is 0 Å². The lowest BCUT2D eigenvalue weighted by Crippen LogP contribution is -2.53. The molecule has 166 valence electrons. The number of hydrogen-bond acceptors (Lipinski definition) is 4. The van der Waals surface area contributed by atoms with E-state index in [9.17, 15) is 17.6 Å². The van der Waals surface area contributed by atoms with Gasteiger partial charge in [-0.05, 0) is 49.8 Å². The van der Waals surface area contributed by atoms with Crippen molar-refractivity contribution in [2.45, 2.75) is 55.9 Å². The highest BCUT2D eigenvalue weighted by Crippen LogP contribution is 2.31. The summed E-state index contributed by atoms with van der Waals surface area (Å²) in [5.41, 5.74) is 0. The molecular formula is C22H32FN3O3S. The molecular weight excluding hydrogens is 405 g/mol. The smallest absolute Gasteiger partial charge is 0.243 e. The normalized spacial score (nSPS) is 21.9. The minimum absolute atomic E-state index is 0.0327. The number of halogens is 1. The van der Waals surface area contributed by atoms with E-state index in [2.05, 4.69) is 4.90 Å². The van der Waals surface area contributed by atoms with Gasteiger partial charge in [0.2, 0.25) is 15.9 Å². The lowest BCUT2D eigenvalue weighted by atomic mass is 9.89. The topological polar surface area (TPSA) is 60.9 Å². The Hall–Kier alpha value is -1.51. The highest BCUT2D eigenvalue weighted by atomic mass is 32.2. The Kier molecular flexibility index (Phi) is 6.75. The number of hydrogen-bond donors (Lipinski definition) is 0. The van der Waals surface area contributed by atoms with Crippen molar-refractivity contribution in [3.05, 3.63) is 30.1 Å². The average molecular weight is 438 g/mol. The summed E-state index contributed by atoms with van der Waals surface area (Å²) in [6.07, 6.45) is 8.85. The molecule has 3 fully saturated rings. The van der Waals surface area contributed by atoms with Gasteiger partial charge >= 0.3 is 0 Å². The van der Waals surface area contributed by atoms with Gasteiger partial charge < -0.3 is 4.90 Å². The second-order valence-electron chi connectivity index (χ2n) is 8.91. The minimum Gasteiger partial charge on any atom is -0.339 e. The van der Waals surface area contributed by atoms with Crippen LogP contribution in [0.5, 0.6) is 0 Å². The standard InChI is InChI=1S/C22H32FN3O3S/c23-19-7-4-8-21(15-19)30(28,29)26-13-11-24(12-14-26)22(27)17-25(20-9-10-20)16-18-5-2-1-3-6-18/h4,7-8,15,18,20H,1-3,5-6,9-14,16-17H2. The maximum Gasteiger partial charge on any atom is 0.243 e. The molecule has 1 amide bonds. The number of carbonyl (C=O) groups is 1. The predicted octanol–water partition coefficient (Wildman–Crippen LogP) is 2.70. The fourth-order valence-corrected chi connectivity index (χ4v) is 6.17. The number of sulfonamides is 1. The van der Waals surface area contributed by atoms with Crippen molar-refractivity contribution in [1.29, 1.82) is 0 Å². The van der Waals surface area contributed by atoms with E-state index < -0.39 is 15.8 Å². The lowest BCUT2D eigenvalue weighted by molar-refractivity contribution is -0.134. The monoisotopic (exact) mass is 437 g/mol. The Morgan fingerprint density at radius 2 is 1.73 bits per heavy atom. The second-order valence-corrected chi connectivity index (χ2v) is 10.8. The zero-order valence-electron chi connectivity index (χ0n) is 17.5. The summed E-state index contributed by atoms with van der Waals surface area (Å²) in [6, 6.07) is 5.64. The van der Waals surface area contributed by atoms with Gasteiger partial charge in [-0.15, -0.1) is 0 Å². The Morgan fingerprint density at radius 1 is 1.03 bits per heavy atom. The van der Waals surface area contributed by atoms with Gasteiger partial charge in [0, 0.05) is 38.8 Å². The number of carbonyl (C=O) groups excluding carboxylic acids is 1. The molecule has 1 aliphatic heterocycles. The van der Waals surface area contributed by atoms with E-state index >= 15 is 0 Å². The van der Waals surface area contributed by atoms with E-state index in [1.54, 1.807) is 4.90 Å². The lowest BCUT2D eigenvalue weighted by Gasteiger charge is -2.36. The first kappa shape index (κ1) is 21.7. The van der Waals surface area contributed by atoms with Crippen molar-refractivity contribution in [2.75, 3.05) is 39.3 Å². The molecule has 1 aromatic carbocycles. The quantitative estimate of drug-likeness (QED) is 0.658. The molecule has 2 saturated carbocycles. The van der Waals surface area contributed by atoms with Crippen molar-refractivity contribution < 1.29 is 17.6 Å². The van der Waals surface area contributed by atoms with Crippen LogP contribution in [0.4, 0.5) is 4.39 Å². The van der Waals surface area contributed by atoms with Crippen molar-refractivity contribution in [3.8, 4) is 0 Å². The molecule has 0 radical (unpaired) electrons. The van der Waals surface area contributed by atoms with Crippen molar-refractivity contribution >= 4 is 15.9 Å². The van der Waals surface area contributed by atoms with Crippen LogP contribution in [0.3, 0.4) is 0 Å². The summed E-state index contributed by atoms with van der Waals surface area (Å²) in [6.45, 7) is 2.72. The third-order valence-corrected chi connectivity index (χ3v) is 8.54. The molecule has 1 heterocycles. The van der Waals surface area contributed by atoms with Crippen LogP contribution in [0.15, 0.2) is 29.2 Å². The van der Waals surface area contributed by atoms with E-state index in [-0.39, 0.29) is 23.9 Å². The Morgan fingerprint density at radius 3 is 2.37 bits per heavy atom. The van der Waals surface area contributed by atoms with Crippen molar-refractivity contribution in [1.82, 2.24) is 14.1 Å². The summed E-state index contributed by atoms with van der Waals surface area (Å²) < 4.78 is 40.3. The molecule has 3 aliphatic rings. The fourth-order valence-electron chi connectivity index (χ4n) is 4.71. The first-order chi connectivity index (χ1) is 14.4. The van der Waals surface area contributed by atoms with Gasteiger partial charge in [-0.2, -0.15) is 4.31 Å². The van der Waals surface area contributed by atoms with Crippen LogP contribution in [0.25, 0.3) is 0 Å². The number of nitrogens with zero attached hydrogens (tertiary/aromatic N) is 3. The number of amides is 1. The third kappa shape index (κ3) is 5.21. The summed E-state index contributed by atoms with van der Waals surface area (Å²) >= 11 is 0. The Bertz CT molecular complexity index is 845. The molecule has 1 aromatic rings. The molecule has 2 aliphatic carbocycles. The minimum atomic E-state index is -3.73. The fraction of sp³-hybridized carbons (Fsp3) is 0.682. The second kappa shape index (κ2) is 9.32. The molecule has 30 heavy (non-hydrogen) atoms. The van der Waals surface area contributed by atoms with Gasteiger partial charge in [0.15, 0.2) is 0 Å². The largest absolute Gasteiger partial charge is 0.339 e. The summed E-state index contributed by atoms with van der Waals surface area (Å²) in [5, 5.41) is 0.